The third-order valence-corrected chi connectivity index (χ3v) is 3.08. The summed E-state index contributed by atoms with van der Waals surface area (Å²) in [5.74, 6) is -0.332. The Hall–Kier alpha value is -1.75. The minimum Gasteiger partial charge on any atom is -0.320 e. The highest BCUT2D eigenvalue weighted by molar-refractivity contribution is 7.17. The van der Waals surface area contributed by atoms with Gasteiger partial charge in [0.1, 0.15) is 5.71 Å². The van der Waals surface area contributed by atoms with Crippen LogP contribution in [-0.4, -0.2) is 16.6 Å². The molecule has 1 aromatic heterocycles. The first-order chi connectivity index (χ1) is 6.77. The first-order valence-corrected chi connectivity index (χ1v) is 4.92. The van der Waals surface area contributed by atoms with Crippen LogP contribution in [-0.2, 0) is 4.79 Å². The Kier molecular flexibility index (Phi) is 1.30. The fourth-order valence-corrected chi connectivity index (χ4v) is 2.42. The van der Waals surface area contributed by atoms with E-state index in [2.05, 4.69) is 10.3 Å². The second-order valence-corrected chi connectivity index (χ2v) is 3.87. The van der Waals surface area contributed by atoms with Gasteiger partial charge in [0.05, 0.1) is 21.4 Å². The van der Waals surface area contributed by atoms with Gasteiger partial charge < -0.3 is 5.32 Å². The topological polar surface area (TPSA) is 65.8 Å². The van der Waals surface area contributed by atoms with Crippen LogP contribution >= 0.6 is 11.3 Å². The molecule has 3 rings (SSSR count). The summed E-state index contributed by atoms with van der Waals surface area (Å²) in [6.07, 6.45) is 0. The molecule has 0 unspecified atom stereocenters. The number of thiazole rings is 1. The number of carbonyl (C=O) groups excluding carboxylic acids is 1. The van der Waals surface area contributed by atoms with E-state index in [1.165, 1.54) is 11.3 Å². The van der Waals surface area contributed by atoms with Crippen molar-refractivity contribution in [1.29, 1.82) is 5.41 Å². The molecule has 5 heteroatoms. The normalized spacial score (nSPS) is 14.6. The maximum atomic E-state index is 11.2. The first-order valence-electron chi connectivity index (χ1n) is 4.04. The summed E-state index contributed by atoms with van der Waals surface area (Å²) >= 11 is 1.45. The van der Waals surface area contributed by atoms with Crippen LogP contribution in [0.1, 0.15) is 5.56 Å². The zero-order valence-corrected chi connectivity index (χ0v) is 7.81. The van der Waals surface area contributed by atoms with Gasteiger partial charge in [-0.3, -0.25) is 10.2 Å². The molecule has 0 saturated heterocycles. The fourth-order valence-electron chi connectivity index (χ4n) is 1.58. The molecule has 68 valence electrons. The Balaban J connectivity index is 2.46. The second-order valence-electron chi connectivity index (χ2n) is 3.02. The number of nitrogens with zero attached hydrogens (tertiary/aromatic N) is 1. The summed E-state index contributed by atoms with van der Waals surface area (Å²) in [6, 6.07) is 3.64. The van der Waals surface area contributed by atoms with Gasteiger partial charge in [0.25, 0.3) is 5.91 Å². The fraction of sp³-hybridized carbons (Fsp3) is 0. The number of nitrogens with one attached hydrogen (secondary N) is 2. The molecule has 1 aromatic carbocycles. The zero-order valence-electron chi connectivity index (χ0n) is 7.00. The zero-order chi connectivity index (χ0) is 9.71. The molecule has 0 aliphatic carbocycles. The van der Waals surface area contributed by atoms with E-state index in [1.807, 2.05) is 6.07 Å². The summed E-state index contributed by atoms with van der Waals surface area (Å²) in [7, 11) is 0. The van der Waals surface area contributed by atoms with Crippen molar-refractivity contribution in [3.05, 3.63) is 23.2 Å². The summed E-state index contributed by atoms with van der Waals surface area (Å²) in [5, 5.41) is 10.3. The molecule has 0 radical (unpaired) electrons. The summed E-state index contributed by atoms with van der Waals surface area (Å²) in [4.78, 5) is 15.4. The van der Waals surface area contributed by atoms with E-state index in [-0.39, 0.29) is 11.6 Å². The van der Waals surface area contributed by atoms with E-state index >= 15 is 0 Å². The number of rotatable bonds is 0. The maximum Gasteiger partial charge on any atom is 0.274 e. The Morgan fingerprint density at radius 1 is 1.43 bits per heavy atom. The highest BCUT2D eigenvalue weighted by Gasteiger charge is 2.26. The number of amides is 1. The van der Waals surface area contributed by atoms with Crippen molar-refractivity contribution in [2.45, 2.75) is 0 Å². The molecule has 2 aromatic rings. The van der Waals surface area contributed by atoms with Crippen molar-refractivity contribution < 1.29 is 4.79 Å². The van der Waals surface area contributed by atoms with Crippen molar-refractivity contribution >= 4 is 38.9 Å². The third kappa shape index (κ3) is 0.793. The molecular weight excluding hydrogens is 198 g/mol. The van der Waals surface area contributed by atoms with E-state index in [0.717, 1.165) is 15.9 Å². The Labute approximate surface area is 83.1 Å². The Morgan fingerprint density at radius 2 is 2.29 bits per heavy atom. The maximum absolute atomic E-state index is 11.2. The standard InChI is InChI=1S/C9H5N3OS/c10-7-6-4(12-9(7)13)1-2-5-8(6)14-3-11-5/h1-3H,(H2,10,12,13). The van der Waals surface area contributed by atoms with Crippen LogP contribution in [0, 0.1) is 5.41 Å². The molecule has 0 saturated carbocycles. The van der Waals surface area contributed by atoms with Crippen molar-refractivity contribution in [3.63, 3.8) is 0 Å². The first kappa shape index (κ1) is 7.64. The second kappa shape index (κ2) is 2.39. The molecule has 2 heterocycles. The van der Waals surface area contributed by atoms with Gasteiger partial charge in [-0.05, 0) is 12.1 Å². The summed E-state index contributed by atoms with van der Waals surface area (Å²) in [6.45, 7) is 0. The van der Waals surface area contributed by atoms with Crippen LogP contribution < -0.4 is 5.32 Å². The van der Waals surface area contributed by atoms with E-state index in [9.17, 15) is 4.79 Å². The quantitative estimate of drug-likeness (QED) is 0.683. The van der Waals surface area contributed by atoms with Gasteiger partial charge in [-0.1, -0.05) is 0 Å². The van der Waals surface area contributed by atoms with Crippen molar-refractivity contribution in [1.82, 2.24) is 4.98 Å². The molecule has 1 aliphatic heterocycles. The number of aromatic nitrogens is 1. The van der Waals surface area contributed by atoms with Crippen molar-refractivity contribution in [2.75, 3.05) is 5.32 Å². The molecular formula is C9H5N3OS. The molecule has 1 aliphatic rings. The van der Waals surface area contributed by atoms with E-state index in [4.69, 9.17) is 5.41 Å². The molecule has 4 nitrogen and oxygen atoms in total. The lowest BCUT2D eigenvalue weighted by atomic mass is 10.1. The van der Waals surface area contributed by atoms with Gasteiger partial charge in [0, 0.05) is 5.56 Å². The van der Waals surface area contributed by atoms with Crippen LogP contribution in [0.4, 0.5) is 5.69 Å². The summed E-state index contributed by atoms with van der Waals surface area (Å²) in [5.41, 5.74) is 4.01. The van der Waals surface area contributed by atoms with E-state index in [0.29, 0.717) is 5.56 Å². The largest absolute Gasteiger partial charge is 0.320 e. The molecule has 0 atom stereocenters. The average Bonchev–Trinajstić information content (AvgIpc) is 2.72. The SMILES string of the molecule is N=C1C(=O)Nc2ccc3ncsc3c21. The lowest BCUT2D eigenvalue weighted by molar-refractivity contribution is -0.110. The predicted molar refractivity (Wildman–Crippen MR) is 55.1 cm³/mol. The third-order valence-electron chi connectivity index (χ3n) is 2.22. The van der Waals surface area contributed by atoms with Crippen LogP contribution in [0.15, 0.2) is 17.6 Å². The average molecular weight is 203 g/mol. The number of hydrogen-bond acceptors (Lipinski definition) is 4. The number of fused-ring (bicyclic) bond motifs is 3. The van der Waals surface area contributed by atoms with Gasteiger partial charge in [0.2, 0.25) is 0 Å². The van der Waals surface area contributed by atoms with Gasteiger partial charge in [0.15, 0.2) is 0 Å². The molecule has 0 bridgehead atoms. The monoisotopic (exact) mass is 203 g/mol. The highest BCUT2D eigenvalue weighted by atomic mass is 32.1. The number of carbonyl (C=O) groups is 1. The van der Waals surface area contributed by atoms with Crippen LogP contribution in [0.25, 0.3) is 10.2 Å². The van der Waals surface area contributed by atoms with E-state index in [1.54, 1.807) is 11.6 Å². The van der Waals surface area contributed by atoms with Crippen LogP contribution in [0.5, 0.6) is 0 Å². The van der Waals surface area contributed by atoms with Gasteiger partial charge in [-0.25, -0.2) is 4.98 Å². The van der Waals surface area contributed by atoms with Crippen molar-refractivity contribution in [3.8, 4) is 0 Å². The molecule has 2 N–H and O–H groups in total. The van der Waals surface area contributed by atoms with Crippen molar-refractivity contribution in [2.24, 2.45) is 0 Å². The molecule has 0 spiro atoms. The lowest BCUT2D eigenvalue weighted by Crippen LogP contribution is -2.12. The minimum absolute atomic E-state index is 0.0369. The smallest absolute Gasteiger partial charge is 0.274 e. The van der Waals surface area contributed by atoms with Crippen LogP contribution in [0.3, 0.4) is 0 Å². The number of hydrogen-bond donors (Lipinski definition) is 2. The highest BCUT2D eigenvalue weighted by Crippen LogP contribution is 2.32. The van der Waals surface area contributed by atoms with Gasteiger partial charge in [-0.15, -0.1) is 11.3 Å². The molecule has 0 fully saturated rings. The molecule has 1 amide bonds. The molecule has 14 heavy (non-hydrogen) atoms. The van der Waals surface area contributed by atoms with Gasteiger partial charge >= 0.3 is 0 Å². The predicted octanol–water partition coefficient (Wildman–Crippen LogP) is 1.62. The number of benzene rings is 1. The van der Waals surface area contributed by atoms with Gasteiger partial charge in [-0.2, -0.15) is 0 Å². The number of anilines is 1. The lowest BCUT2D eigenvalue weighted by Gasteiger charge is -1.96. The van der Waals surface area contributed by atoms with Crippen LogP contribution in [0.2, 0.25) is 0 Å². The summed E-state index contributed by atoms with van der Waals surface area (Å²) < 4.78 is 0.908. The minimum atomic E-state index is -0.332. The van der Waals surface area contributed by atoms with E-state index < -0.39 is 0 Å². The Bertz CT molecular complexity index is 572. The Morgan fingerprint density at radius 3 is 3.14 bits per heavy atom.